The average Bonchev–Trinajstić information content (AvgIpc) is 2.19. The van der Waals surface area contributed by atoms with E-state index >= 15 is 0 Å². The van der Waals surface area contributed by atoms with Crippen molar-refractivity contribution < 1.29 is 9.47 Å². The third-order valence-corrected chi connectivity index (χ3v) is 2.83. The van der Waals surface area contributed by atoms with Crippen molar-refractivity contribution in [3.8, 4) is 0 Å². The molecule has 0 aliphatic carbocycles. The molecule has 0 bridgehead atoms. The van der Waals surface area contributed by atoms with Crippen molar-refractivity contribution in [2.45, 2.75) is 32.3 Å². The van der Waals surface area contributed by atoms with Crippen LogP contribution in [0.25, 0.3) is 0 Å². The molecule has 4 heteroatoms. The quantitative estimate of drug-likeness (QED) is 0.709. The summed E-state index contributed by atoms with van der Waals surface area (Å²) in [5, 5.41) is 0. The van der Waals surface area contributed by atoms with Crippen molar-refractivity contribution >= 4 is 17.2 Å². The standard InChI is InChI=1S/C10H19NO2S/c1-8(10(11)14)6-12-7-9-4-2-3-5-13-9/h8-9H,2-7H2,1H3,(H2,11,14). The molecule has 82 valence electrons. The Morgan fingerprint density at radius 2 is 2.43 bits per heavy atom. The van der Waals surface area contributed by atoms with Crippen LogP contribution >= 0.6 is 12.2 Å². The second kappa shape index (κ2) is 6.32. The molecule has 1 heterocycles. The SMILES string of the molecule is CC(COCC1CCCCO1)C(N)=S. The molecule has 0 spiro atoms. The van der Waals surface area contributed by atoms with Gasteiger partial charge in [-0.1, -0.05) is 19.1 Å². The van der Waals surface area contributed by atoms with Gasteiger partial charge in [0.15, 0.2) is 0 Å². The predicted octanol–water partition coefficient (Wildman–Crippen LogP) is 1.49. The summed E-state index contributed by atoms with van der Waals surface area (Å²) < 4.78 is 11.0. The Labute approximate surface area is 90.9 Å². The molecule has 3 nitrogen and oxygen atoms in total. The summed E-state index contributed by atoms with van der Waals surface area (Å²) in [6.07, 6.45) is 3.82. The Morgan fingerprint density at radius 1 is 1.64 bits per heavy atom. The van der Waals surface area contributed by atoms with Gasteiger partial charge < -0.3 is 15.2 Å². The third kappa shape index (κ3) is 4.35. The lowest BCUT2D eigenvalue weighted by molar-refractivity contribution is -0.0429. The van der Waals surface area contributed by atoms with E-state index in [0.717, 1.165) is 13.0 Å². The summed E-state index contributed by atoms with van der Waals surface area (Å²) >= 11 is 4.85. The number of thiocarbonyl (C=S) groups is 1. The van der Waals surface area contributed by atoms with Crippen molar-refractivity contribution in [2.75, 3.05) is 19.8 Å². The second-order valence-corrected chi connectivity index (χ2v) is 4.30. The molecule has 0 radical (unpaired) electrons. The van der Waals surface area contributed by atoms with Crippen LogP contribution in [-0.4, -0.2) is 30.9 Å². The lowest BCUT2D eigenvalue weighted by atomic mass is 10.1. The van der Waals surface area contributed by atoms with E-state index in [1.165, 1.54) is 12.8 Å². The number of hydrogen-bond acceptors (Lipinski definition) is 3. The van der Waals surface area contributed by atoms with Gasteiger partial charge >= 0.3 is 0 Å². The fourth-order valence-corrected chi connectivity index (χ4v) is 1.47. The molecular weight excluding hydrogens is 198 g/mol. The van der Waals surface area contributed by atoms with E-state index in [0.29, 0.717) is 18.2 Å². The predicted molar refractivity (Wildman–Crippen MR) is 60.4 cm³/mol. The topological polar surface area (TPSA) is 44.5 Å². The Kier molecular flexibility index (Phi) is 5.37. The zero-order valence-electron chi connectivity index (χ0n) is 8.70. The van der Waals surface area contributed by atoms with E-state index in [4.69, 9.17) is 27.4 Å². The monoisotopic (exact) mass is 217 g/mol. The second-order valence-electron chi connectivity index (χ2n) is 3.83. The average molecular weight is 217 g/mol. The van der Waals surface area contributed by atoms with Crippen LogP contribution in [0.3, 0.4) is 0 Å². The number of hydrogen-bond donors (Lipinski definition) is 1. The van der Waals surface area contributed by atoms with Gasteiger partial charge in [0.25, 0.3) is 0 Å². The van der Waals surface area contributed by atoms with Crippen LogP contribution in [0.5, 0.6) is 0 Å². The molecular formula is C10H19NO2S. The summed E-state index contributed by atoms with van der Waals surface area (Å²) in [5.74, 6) is 0.161. The minimum absolute atomic E-state index is 0.161. The molecule has 0 aromatic heterocycles. The molecule has 0 amide bonds. The van der Waals surface area contributed by atoms with E-state index in [2.05, 4.69) is 0 Å². The molecule has 1 rings (SSSR count). The van der Waals surface area contributed by atoms with Crippen molar-refractivity contribution in [2.24, 2.45) is 11.7 Å². The largest absolute Gasteiger partial charge is 0.393 e. The maximum atomic E-state index is 5.53. The number of rotatable bonds is 5. The van der Waals surface area contributed by atoms with Gasteiger partial charge in [-0.3, -0.25) is 0 Å². The molecule has 1 fully saturated rings. The molecule has 2 unspecified atom stereocenters. The van der Waals surface area contributed by atoms with Gasteiger partial charge in [-0.05, 0) is 19.3 Å². The van der Waals surface area contributed by atoms with Crippen molar-refractivity contribution in [1.29, 1.82) is 0 Å². The minimum Gasteiger partial charge on any atom is -0.393 e. The summed E-state index contributed by atoms with van der Waals surface area (Å²) in [4.78, 5) is 0.523. The molecule has 0 aromatic rings. The van der Waals surface area contributed by atoms with Crippen LogP contribution < -0.4 is 5.73 Å². The van der Waals surface area contributed by atoms with E-state index in [1.807, 2.05) is 6.92 Å². The Morgan fingerprint density at radius 3 is 3.00 bits per heavy atom. The van der Waals surface area contributed by atoms with Crippen LogP contribution in [0.2, 0.25) is 0 Å². The molecule has 1 aliphatic rings. The van der Waals surface area contributed by atoms with Crippen LogP contribution in [0, 0.1) is 5.92 Å². The van der Waals surface area contributed by atoms with E-state index in [-0.39, 0.29) is 12.0 Å². The first-order valence-corrected chi connectivity index (χ1v) is 5.59. The zero-order valence-corrected chi connectivity index (χ0v) is 9.52. The highest BCUT2D eigenvalue weighted by atomic mass is 32.1. The number of ether oxygens (including phenoxy) is 2. The lowest BCUT2D eigenvalue weighted by Crippen LogP contribution is -2.28. The van der Waals surface area contributed by atoms with Gasteiger partial charge in [0.05, 0.1) is 24.3 Å². The smallest absolute Gasteiger partial charge is 0.0808 e. The van der Waals surface area contributed by atoms with Gasteiger partial charge in [0.2, 0.25) is 0 Å². The Bertz CT molecular complexity index is 181. The highest BCUT2D eigenvalue weighted by molar-refractivity contribution is 7.80. The molecule has 0 saturated carbocycles. The maximum Gasteiger partial charge on any atom is 0.0808 e. The Hall–Kier alpha value is -0.190. The van der Waals surface area contributed by atoms with Crippen LogP contribution in [-0.2, 0) is 9.47 Å². The maximum absolute atomic E-state index is 5.53. The highest BCUT2D eigenvalue weighted by Gasteiger charge is 2.14. The van der Waals surface area contributed by atoms with Crippen LogP contribution in [0.15, 0.2) is 0 Å². The van der Waals surface area contributed by atoms with Crippen LogP contribution in [0.4, 0.5) is 0 Å². The zero-order chi connectivity index (χ0) is 10.4. The molecule has 0 aromatic carbocycles. The summed E-state index contributed by atoms with van der Waals surface area (Å²) in [6.45, 7) is 4.13. The molecule has 2 N–H and O–H groups in total. The van der Waals surface area contributed by atoms with E-state index in [9.17, 15) is 0 Å². The number of nitrogens with two attached hydrogens (primary N) is 1. The van der Waals surface area contributed by atoms with Gasteiger partial charge in [-0.25, -0.2) is 0 Å². The molecule has 14 heavy (non-hydrogen) atoms. The van der Waals surface area contributed by atoms with E-state index < -0.39 is 0 Å². The van der Waals surface area contributed by atoms with Crippen molar-refractivity contribution in [1.82, 2.24) is 0 Å². The molecule has 1 saturated heterocycles. The summed E-state index contributed by atoms with van der Waals surface area (Å²) in [5.41, 5.74) is 5.48. The summed E-state index contributed by atoms with van der Waals surface area (Å²) in [7, 11) is 0. The van der Waals surface area contributed by atoms with Crippen LogP contribution in [0.1, 0.15) is 26.2 Å². The first-order valence-electron chi connectivity index (χ1n) is 5.19. The summed E-state index contributed by atoms with van der Waals surface area (Å²) in [6, 6.07) is 0. The fraction of sp³-hybridized carbons (Fsp3) is 0.900. The molecule has 2 atom stereocenters. The van der Waals surface area contributed by atoms with Gasteiger partial charge in [0.1, 0.15) is 0 Å². The first-order chi connectivity index (χ1) is 6.70. The fourth-order valence-electron chi connectivity index (χ4n) is 1.40. The molecule has 1 aliphatic heterocycles. The van der Waals surface area contributed by atoms with Gasteiger partial charge in [-0.15, -0.1) is 0 Å². The van der Waals surface area contributed by atoms with Gasteiger partial charge in [0, 0.05) is 12.5 Å². The van der Waals surface area contributed by atoms with Crippen molar-refractivity contribution in [3.05, 3.63) is 0 Å². The first kappa shape index (κ1) is 11.9. The lowest BCUT2D eigenvalue weighted by Gasteiger charge is -2.22. The van der Waals surface area contributed by atoms with E-state index in [1.54, 1.807) is 0 Å². The normalized spacial score (nSPS) is 24.5. The third-order valence-electron chi connectivity index (χ3n) is 2.43. The minimum atomic E-state index is 0.161. The Balaban J connectivity index is 2.05. The van der Waals surface area contributed by atoms with Gasteiger partial charge in [-0.2, -0.15) is 0 Å². The highest BCUT2D eigenvalue weighted by Crippen LogP contribution is 2.13. The van der Waals surface area contributed by atoms with Crippen molar-refractivity contribution in [3.63, 3.8) is 0 Å².